The summed E-state index contributed by atoms with van der Waals surface area (Å²) in [6.45, 7) is 6.14. The Morgan fingerprint density at radius 3 is 1.96 bits per heavy atom. The third-order valence-electron chi connectivity index (χ3n) is 2.50. The van der Waals surface area contributed by atoms with Crippen LogP contribution < -0.4 is 5.11 Å². The van der Waals surface area contributed by atoms with Crippen LogP contribution >= 0.6 is 0 Å². The summed E-state index contributed by atoms with van der Waals surface area (Å²) >= 11 is 0. The molecule has 126 valence electrons. The molecule has 0 aromatic rings. The molecule has 0 aliphatic carbocycles. The molecule has 0 aromatic carbocycles. The van der Waals surface area contributed by atoms with Crippen molar-refractivity contribution in [3.05, 3.63) is 47.3 Å². The van der Waals surface area contributed by atoms with E-state index in [1.165, 1.54) is 44.2 Å². The predicted molar refractivity (Wildman–Crippen MR) is 83.0 cm³/mol. The topological polar surface area (TPSA) is 92.7 Å². The summed E-state index contributed by atoms with van der Waals surface area (Å²) in [6, 6.07) is 0. The molecule has 0 atom stereocenters. The van der Waals surface area contributed by atoms with Crippen LogP contribution in [0.2, 0.25) is 0 Å². The van der Waals surface area contributed by atoms with Crippen LogP contribution in [-0.2, 0) is 23.9 Å². The number of carbonyl (C=O) groups excluding carboxylic acids is 3. The lowest BCUT2D eigenvalue weighted by Gasteiger charge is -2.10. The molecular weight excluding hydrogens is 300 g/mol. The molecule has 0 N–H and O–H groups in total. The second kappa shape index (κ2) is 11.0. The van der Waals surface area contributed by atoms with Crippen molar-refractivity contribution in [3.63, 3.8) is 0 Å². The van der Waals surface area contributed by atoms with E-state index in [2.05, 4.69) is 0 Å². The fraction of sp³-hybridized carbons (Fsp3) is 0.353. The first-order chi connectivity index (χ1) is 10.8. The van der Waals surface area contributed by atoms with Crippen LogP contribution in [0.3, 0.4) is 0 Å². The van der Waals surface area contributed by atoms with Crippen LogP contribution in [0.5, 0.6) is 0 Å². The molecular formula is C17H21O6-. The van der Waals surface area contributed by atoms with Gasteiger partial charge < -0.3 is 14.6 Å². The van der Waals surface area contributed by atoms with E-state index in [-0.39, 0.29) is 24.4 Å². The highest BCUT2D eigenvalue weighted by molar-refractivity contribution is 6.16. The Bertz CT molecular complexity index is 560. The van der Waals surface area contributed by atoms with Crippen LogP contribution in [0.15, 0.2) is 47.3 Å². The smallest absolute Gasteiger partial charge is 0.341 e. The maximum absolute atomic E-state index is 11.5. The first kappa shape index (κ1) is 20.4. The van der Waals surface area contributed by atoms with Gasteiger partial charge in [-0.3, -0.25) is 4.79 Å². The average Bonchev–Trinajstić information content (AvgIpc) is 2.45. The van der Waals surface area contributed by atoms with Crippen molar-refractivity contribution < 1.29 is 29.0 Å². The molecule has 0 aliphatic heterocycles. The zero-order valence-corrected chi connectivity index (χ0v) is 13.8. The van der Waals surface area contributed by atoms with E-state index < -0.39 is 23.5 Å². The van der Waals surface area contributed by atoms with E-state index >= 15 is 0 Å². The minimum atomic E-state index is -0.698. The van der Waals surface area contributed by atoms with Crippen LogP contribution in [0, 0.1) is 0 Å². The van der Waals surface area contributed by atoms with Crippen molar-refractivity contribution in [3.8, 4) is 0 Å². The lowest BCUT2D eigenvalue weighted by molar-refractivity contribution is -0.302. The SMILES string of the molecule is CCOC(=O)\C(=C/C=C/C=C/C(C(=O)OCC)=C(/C)[O-])C(C)=O. The molecule has 0 fully saturated rings. The third-order valence-corrected chi connectivity index (χ3v) is 2.50. The first-order valence-corrected chi connectivity index (χ1v) is 7.13. The summed E-state index contributed by atoms with van der Waals surface area (Å²) in [7, 11) is 0. The molecule has 0 amide bonds. The quantitative estimate of drug-likeness (QED) is 0.167. The van der Waals surface area contributed by atoms with Gasteiger partial charge in [-0.1, -0.05) is 25.2 Å². The van der Waals surface area contributed by atoms with Crippen molar-refractivity contribution in [2.45, 2.75) is 27.7 Å². The lowest BCUT2D eigenvalue weighted by atomic mass is 10.1. The molecule has 0 aliphatic rings. The molecule has 0 bridgehead atoms. The molecule has 0 heterocycles. The van der Waals surface area contributed by atoms with E-state index in [9.17, 15) is 19.5 Å². The first-order valence-electron chi connectivity index (χ1n) is 7.13. The Balaban J connectivity index is 5.05. The highest BCUT2D eigenvalue weighted by atomic mass is 16.5. The molecule has 6 nitrogen and oxygen atoms in total. The Morgan fingerprint density at radius 2 is 1.48 bits per heavy atom. The van der Waals surface area contributed by atoms with Gasteiger partial charge in [-0.25, -0.2) is 9.59 Å². The maximum Gasteiger partial charge on any atom is 0.341 e. The molecule has 0 spiro atoms. The standard InChI is InChI=1S/C17H22O6/c1-5-22-16(20)14(12(3)18)10-8-7-9-11-15(13(4)19)17(21)23-6-2/h7-11,18H,5-6H2,1-4H3/p-1/b9-7+,10-8+,14-12+,15-11-. The number of hydrogen-bond acceptors (Lipinski definition) is 6. The van der Waals surface area contributed by atoms with Gasteiger partial charge in [-0.15, -0.1) is 5.76 Å². The predicted octanol–water partition coefficient (Wildman–Crippen LogP) is 1.37. The van der Waals surface area contributed by atoms with E-state index in [0.717, 1.165) is 0 Å². The van der Waals surface area contributed by atoms with E-state index in [4.69, 9.17) is 9.47 Å². The zero-order chi connectivity index (χ0) is 17.8. The third kappa shape index (κ3) is 7.80. The molecule has 0 saturated heterocycles. The minimum Gasteiger partial charge on any atom is -0.875 e. The molecule has 0 saturated carbocycles. The van der Waals surface area contributed by atoms with Crippen molar-refractivity contribution in [1.82, 2.24) is 0 Å². The van der Waals surface area contributed by atoms with Crippen molar-refractivity contribution >= 4 is 17.7 Å². The lowest BCUT2D eigenvalue weighted by Crippen LogP contribution is -2.13. The minimum absolute atomic E-state index is 0.0855. The maximum atomic E-state index is 11.5. The van der Waals surface area contributed by atoms with Gasteiger partial charge in [0, 0.05) is 5.57 Å². The molecule has 0 unspecified atom stereocenters. The number of carbonyl (C=O) groups is 3. The monoisotopic (exact) mass is 321 g/mol. The summed E-state index contributed by atoms with van der Waals surface area (Å²) < 4.78 is 9.52. The fourth-order valence-corrected chi connectivity index (χ4v) is 1.44. The second-order valence-corrected chi connectivity index (χ2v) is 4.29. The fourth-order valence-electron chi connectivity index (χ4n) is 1.44. The van der Waals surface area contributed by atoms with Gasteiger partial charge in [0.2, 0.25) is 0 Å². The summed E-state index contributed by atoms with van der Waals surface area (Å²) in [5, 5.41) is 11.4. The van der Waals surface area contributed by atoms with Crippen LogP contribution in [0.25, 0.3) is 0 Å². The molecule has 0 rings (SSSR count). The van der Waals surface area contributed by atoms with Gasteiger partial charge >= 0.3 is 11.9 Å². The summed E-state index contributed by atoms with van der Waals surface area (Å²) in [5.74, 6) is -2.23. The largest absolute Gasteiger partial charge is 0.875 e. The second-order valence-electron chi connectivity index (χ2n) is 4.29. The number of rotatable bonds is 8. The molecule has 0 radical (unpaired) electrons. The Hall–Kier alpha value is -2.63. The summed E-state index contributed by atoms with van der Waals surface area (Å²) in [5.41, 5.74) is -0.171. The van der Waals surface area contributed by atoms with Crippen LogP contribution in [-0.4, -0.2) is 30.9 Å². The van der Waals surface area contributed by atoms with Gasteiger partial charge in [-0.2, -0.15) is 0 Å². The van der Waals surface area contributed by atoms with E-state index in [0.29, 0.717) is 0 Å². The van der Waals surface area contributed by atoms with Gasteiger partial charge in [0.15, 0.2) is 5.78 Å². The molecule has 6 heteroatoms. The van der Waals surface area contributed by atoms with Gasteiger partial charge in [0.1, 0.15) is 5.57 Å². The number of ether oxygens (including phenoxy) is 2. The van der Waals surface area contributed by atoms with Gasteiger partial charge in [-0.05, 0) is 32.9 Å². The van der Waals surface area contributed by atoms with Gasteiger partial charge in [0.05, 0.1) is 13.2 Å². The number of hydrogen-bond donors (Lipinski definition) is 0. The van der Waals surface area contributed by atoms with E-state index in [1.807, 2.05) is 0 Å². The molecule has 23 heavy (non-hydrogen) atoms. The normalized spacial score (nSPS) is 13.1. The van der Waals surface area contributed by atoms with Crippen molar-refractivity contribution in [1.29, 1.82) is 0 Å². The highest BCUT2D eigenvalue weighted by Crippen LogP contribution is 2.05. The van der Waals surface area contributed by atoms with E-state index in [1.54, 1.807) is 13.8 Å². The zero-order valence-electron chi connectivity index (χ0n) is 13.8. The average molecular weight is 321 g/mol. The number of allylic oxidation sites excluding steroid dienone is 5. The summed E-state index contributed by atoms with van der Waals surface area (Å²) in [6.07, 6.45) is 6.97. The Morgan fingerprint density at radius 1 is 0.913 bits per heavy atom. The van der Waals surface area contributed by atoms with Gasteiger partial charge in [0.25, 0.3) is 0 Å². The number of ketones is 1. The molecule has 0 aromatic heterocycles. The van der Waals surface area contributed by atoms with Crippen LogP contribution in [0.4, 0.5) is 0 Å². The van der Waals surface area contributed by atoms with Crippen molar-refractivity contribution in [2.75, 3.05) is 13.2 Å². The Labute approximate surface area is 135 Å². The number of Topliss-reactive ketones (excluding diaryl/α,β-unsaturated/α-hetero) is 1. The number of esters is 2. The highest BCUT2D eigenvalue weighted by Gasteiger charge is 2.13. The van der Waals surface area contributed by atoms with Crippen molar-refractivity contribution in [2.24, 2.45) is 0 Å². The summed E-state index contributed by atoms with van der Waals surface area (Å²) in [4.78, 5) is 34.4. The Kier molecular flexibility index (Phi) is 9.75. The van der Waals surface area contributed by atoms with Crippen LogP contribution in [0.1, 0.15) is 27.7 Å².